The summed E-state index contributed by atoms with van der Waals surface area (Å²) in [5, 5.41) is 23.7. The van der Waals surface area contributed by atoms with Gasteiger partial charge in [0.1, 0.15) is 0 Å². The highest BCUT2D eigenvalue weighted by Gasteiger charge is 2.62. The lowest BCUT2D eigenvalue weighted by Crippen LogP contribution is -2.60. The minimum Gasteiger partial charge on any atom is -0.480 e. The van der Waals surface area contributed by atoms with Crippen molar-refractivity contribution in [3.8, 4) is 0 Å². The molecule has 218 valence electrons. The molecule has 0 radical (unpaired) electrons. The van der Waals surface area contributed by atoms with Gasteiger partial charge < -0.3 is 25.2 Å². The van der Waals surface area contributed by atoms with E-state index >= 15 is 0 Å². The van der Waals surface area contributed by atoms with Crippen molar-refractivity contribution in [2.75, 3.05) is 33.4 Å². The predicted octanol–water partition coefficient (Wildman–Crippen LogP) is 4.43. The van der Waals surface area contributed by atoms with Gasteiger partial charge in [-0.3, -0.25) is 4.79 Å². The van der Waals surface area contributed by atoms with Crippen molar-refractivity contribution in [3.63, 3.8) is 0 Å². The molecule has 1 saturated heterocycles. The van der Waals surface area contributed by atoms with E-state index in [1.807, 2.05) is 13.8 Å². The zero-order chi connectivity index (χ0) is 27.8. The highest BCUT2D eigenvalue weighted by molar-refractivity contribution is 5.83. The van der Waals surface area contributed by atoms with E-state index in [0.717, 1.165) is 19.4 Å². The Bertz CT molecular complexity index is 850. The number of rotatable bonds is 10. The minimum atomic E-state index is -1.05. The van der Waals surface area contributed by atoms with Crippen molar-refractivity contribution in [1.82, 2.24) is 10.2 Å². The van der Waals surface area contributed by atoms with Crippen LogP contribution in [0.3, 0.4) is 0 Å². The zero-order valence-electron chi connectivity index (χ0n) is 24.7. The maximum Gasteiger partial charge on any atom is 0.328 e. The van der Waals surface area contributed by atoms with Gasteiger partial charge in [0.25, 0.3) is 0 Å². The van der Waals surface area contributed by atoms with E-state index in [0.29, 0.717) is 59.9 Å². The van der Waals surface area contributed by atoms with Gasteiger partial charge in [0.15, 0.2) is 6.04 Å². The molecule has 7 heteroatoms. The fourth-order valence-corrected chi connectivity index (χ4v) is 9.49. The third kappa shape index (κ3) is 5.81. The predicted molar refractivity (Wildman–Crippen MR) is 148 cm³/mol. The summed E-state index contributed by atoms with van der Waals surface area (Å²) in [7, 11) is 2.22. The van der Waals surface area contributed by atoms with Crippen molar-refractivity contribution in [2.45, 2.75) is 98.1 Å². The molecule has 1 heterocycles. The normalized spacial score (nSPS) is 40.6. The maximum atomic E-state index is 12.7. The van der Waals surface area contributed by atoms with Crippen molar-refractivity contribution in [3.05, 3.63) is 0 Å². The number of fused-ring (bicyclic) bond motifs is 5. The van der Waals surface area contributed by atoms with Crippen LogP contribution in [-0.4, -0.2) is 72.5 Å². The molecule has 0 aromatic carbocycles. The van der Waals surface area contributed by atoms with Crippen LogP contribution in [0.5, 0.6) is 0 Å². The van der Waals surface area contributed by atoms with Crippen molar-refractivity contribution >= 4 is 11.9 Å². The van der Waals surface area contributed by atoms with Crippen molar-refractivity contribution in [1.29, 1.82) is 0 Å². The molecule has 38 heavy (non-hydrogen) atoms. The van der Waals surface area contributed by atoms with Crippen LogP contribution in [0.2, 0.25) is 0 Å². The summed E-state index contributed by atoms with van der Waals surface area (Å²) in [5.41, 5.74) is 0.556. The Morgan fingerprint density at radius 2 is 1.76 bits per heavy atom. The number of likely N-dealkylation sites (tertiary alicyclic amines) is 1. The van der Waals surface area contributed by atoms with Gasteiger partial charge in [-0.25, -0.2) is 4.79 Å². The molecule has 4 aliphatic rings. The van der Waals surface area contributed by atoms with Crippen LogP contribution >= 0.6 is 0 Å². The molecule has 7 nitrogen and oxygen atoms in total. The average Bonchev–Trinajstić information content (AvgIpc) is 3.20. The summed E-state index contributed by atoms with van der Waals surface area (Å²) in [4.78, 5) is 26.8. The second kappa shape index (κ2) is 11.7. The van der Waals surface area contributed by atoms with Gasteiger partial charge in [-0.05, 0) is 111 Å². The van der Waals surface area contributed by atoms with Crippen LogP contribution in [0.1, 0.15) is 86.0 Å². The lowest BCUT2D eigenvalue weighted by molar-refractivity contribution is -0.170. The van der Waals surface area contributed by atoms with Crippen LogP contribution in [0, 0.1) is 52.3 Å². The highest BCUT2D eigenvalue weighted by Crippen LogP contribution is 2.67. The number of carboxylic acids is 1. The largest absolute Gasteiger partial charge is 0.480 e. The number of nitrogens with one attached hydrogen (secondary N) is 1. The number of carbonyl (C=O) groups is 2. The molecule has 10 atom stereocenters. The molecule has 4 fully saturated rings. The number of hydrogen-bond acceptors (Lipinski definition) is 5. The molecule has 0 aromatic rings. The summed E-state index contributed by atoms with van der Waals surface area (Å²) in [6.45, 7) is 14.1. The first kappa shape index (κ1) is 29.8. The number of carboxylic acid groups (broad SMARTS) is 1. The molecular weight excluding hydrogens is 480 g/mol. The van der Waals surface area contributed by atoms with Crippen LogP contribution in [-0.2, 0) is 14.3 Å². The average molecular weight is 535 g/mol. The number of aliphatic carboxylic acids is 1. The molecule has 3 aliphatic carbocycles. The summed E-state index contributed by atoms with van der Waals surface area (Å²) < 4.78 is 5.48. The summed E-state index contributed by atoms with van der Waals surface area (Å²) in [6, 6.07) is -1.00. The molecule has 0 bridgehead atoms. The second-order valence-corrected chi connectivity index (χ2v) is 14.4. The fraction of sp³-hybridized carbons (Fsp3) is 0.935. The number of aliphatic hydroxyl groups excluding tert-OH is 1. The quantitative estimate of drug-likeness (QED) is 0.384. The Morgan fingerprint density at radius 3 is 2.45 bits per heavy atom. The van der Waals surface area contributed by atoms with Gasteiger partial charge in [0, 0.05) is 19.6 Å². The Labute approximate surface area is 230 Å². The Kier molecular flexibility index (Phi) is 9.21. The van der Waals surface area contributed by atoms with E-state index < -0.39 is 12.0 Å². The first-order valence-electron chi connectivity index (χ1n) is 15.3. The van der Waals surface area contributed by atoms with Gasteiger partial charge >= 0.3 is 5.97 Å². The topological polar surface area (TPSA) is 99.1 Å². The molecule has 4 rings (SSSR count). The fourth-order valence-electron chi connectivity index (χ4n) is 9.49. The van der Waals surface area contributed by atoms with E-state index in [1.54, 1.807) is 0 Å². The Morgan fingerprint density at radius 1 is 1.05 bits per heavy atom. The van der Waals surface area contributed by atoms with Gasteiger partial charge in [-0.2, -0.15) is 0 Å². The number of ether oxygens (including phenoxy) is 1. The third-order valence-corrected chi connectivity index (χ3v) is 11.6. The van der Waals surface area contributed by atoms with Crippen LogP contribution in [0.25, 0.3) is 0 Å². The smallest absolute Gasteiger partial charge is 0.328 e. The zero-order valence-corrected chi connectivity index (χ0v) is 24.7. The van der Waals surface area contributed by atoms with Gasteiger partial charge in [0.05, 0.1) is 12.7 Å². The Hall–Kier alpha value is -1.18. The number of piperidine rings is 1. The van der Waals surface area contributed by atoms with Crippen LogP contribution in [0.4, 0.5) is 0 Å². The van der Waals surface area contributed by atoms with Gasteiger partial charge in [-0.15, -0.1) is 0 Å². The number of carbonyl (C=O) groups excluding carboxylic acids is 1. The second-order valence-electron chi connectivity index (χ2n) is 14.4. The van der Waals surface area contributed by atoms with Crippen molar-refractivity contribution < 1.29 is 24.5 Å². The molecule has 3 saturated carbocycles. The van der Waals surface area contributed by atoms with E-state index in [4.69, 9.17) is 4.74 Å². The van der Waals surface area contributed by atoms with Crippen molar-refractivity contribution in [2.24, 2.45) is 52.3 Å². The van der Waals surface area contributed by atoms with E-state index in [1.165, 1.54) is 38.6 Å². The molecule has 1 aliphatic heterocycles. The van der Waals surface area contributed by atoms with Gasteiger partial charge in [0.2, 0.25) is 5.91 Å². The summed E-state index contributed by atoms with van der Waals surface area (Å²) >= 11 is 0. The molecule has 0 spiro atoms. The number of hydrogen-bond donors (Lipinski definition) is 3. The highest BCUT2D eigenvalue weighted by atomic mass is 16.5. The molecule has 0 aromatic heterocycles. The van der Waals surface area contributed by atoms with Gasteiger partial charge in [-0.1, -0.05) is 34.6 Å². The number of aliphatic hydroxyl groups is 1. The SMILES string of the molecule is CC(C)COC[C@H](NC(=O)CC[C@@H](C)[C@H]1CC[C@H]2[C@@H]3[C@@H](O)C[C@@H]4CN(C)CC[C@]4(C)[C@H]3CC[C@]12C)C(=O)O. The lowest BCUT2D eigenvalue weighted by Gasteiger charge is -2.62. The number of amides is 1. The van der Waals surface area contributed by atoms with Crippen LogP contribution in [0.15, 0.2) is 0 Å². The van der Waals surface area contributed by atoms with E-state index in [2.05, 4.69) is 38.0 Å². The lowest BCUT2D eigenvalue weighted by atomic mass is 9.44. The van der Waals surface area contributed by atoms with Crippen LogP contribution < -0.4 is 5.32 Å². The standard InChI is InChI=1S/C31H54N2O5/c1-19(2)17-38-18-25(29(36)37)32-27(35)10-7-20(3)22-8-9-23-28-24(11-12-31(22,23)5)30(4)13-14-33(6)16-21(30)15-26(28)34/h19-26,28,34H,7-18H2,1-6H3,(H,32,35)(H,36,37)/t20-,21-,22-,23+,24+,25+,26+,28+,30+,31-/m1/s1. The number of nitrogens with zero attached hydrogens (tertiary/aromatic N) is 1. The van der Waals surface area contributed by atoms with E-state index in [-0.39, 0.29) is 24.0 Å². The molecule has 3 N–H and O–H groups in total. The summed E-state index contributed by atoms with van der Waals surface area (Å²) in [6.07, 6.45) is 7.90. The first-order chi connectivity index (χ1) is 17.9. The molecule has 0 unspecified atom stereocenters. The Balaban J connectivity index is 1.35. The maximum absolute atomic E-state index is 12.7. The molecule has 1 amide bonds. The minimum absolute atomic E-state index is 0.00186. The monoisotopic (exact) mass is 534 g/mol. The summed E-state index contributed by atoms with van der Waals surface area (Å²) in [5.74, 6) is 2.17. The first-order valence-corrected chi connectivity index (χ1v) is 15.3. The molecular formula is C31H54N2O5. The third-order valence-electron chi connectivity index (χ3n) is 11.6. The van der Waals surface area contributed by atoms with E-state index in [9.17, 15) is 19.8 Å².